The fraction of sp³-hybridized carbons (Fsp3) is 0.778. The number of carbonyl (C=O) groups is 1. The maximum atomic E-state index is 11.7. The van der Waals surface area contributed by atoms with Gasteiger partial charge in [-0.3, -0.25) is 4.79 Å². The Morgan fingerprint density at radius 2 is 2.31 bits per heavy atom. The second-order valence-corrected chi connectivity index (χ2v) is 4.23. The molecule has 1 amide bonds. The number of amides is 1. The van der Waals surface area contributed by atoms with E-state index in [0.717, 1.165) is 12.8 Å². The number of tetrazole rings is 1. The van der Waals surface area contributed by atoms with Crippen LogP contribution < -0.4 is 0 Å². The van der Waals surface area contributed by atoms with E-state index in [4.69, 9.17) is 0 Å². The fourth-order valence-electron chi connectivity index (χ4n) is 1.96. The minimum atomic E-state index is -0.676. The third-order valence-electron chi connectivity index (χ3n) is 2.73. The molecular formula is C9H15N5O2. The van der Waals surface area contributed by atoms with Gasteiger partial charge in [0.15, 0.2) is 0 Å². The van der Waals surface area contributed by atoms with E-state index in [-0.39, 0.29) is 12.5 Å². The molecule has 0 spiro atoms. The summed E-state index contributed by atoms with van der Waals surface area (Å²) in [6.45, 7) is 2.99. The van der Waals surface area contributed by atoms with Crippen molar-refractivity contribution in [2.24, 2.45) is 0 Å². The van der Waals surface area contributed by atoms with Crippen LogP contribution in [0.15, 0.2) is 6.33 Å². The summed E-state index contributed by atoms with van der Waals surface area (Å²) in [5.41, 5.74) is -0.676. The quantitative estimate of drug-likeness (QED) is 0.714. The molecule has 0 radical (unpaired) electrons. The molecule has 0 bridgehead atoms. The Morgan fingerprint density at radius 3 is 2.88 bits per heavy atom. The molecular weight excluding hydrogens is 210 g/mol. The zero-order valence-electron chi connectivity index (χ0n) is 9.20. The minimum Gasteiger partial charge on any atom is -0.386 e. The molecule has 0 aliphatic carbocycles. The zero-order valence-corrected chi connectivity index (χ0v) is 9.20. The van der Waals surface area contributed by atoms with Crippen LogP contribution in [0.25, 0.3) is 0 Å². The largest absolute Gasteiger partial charge is 0.386 e. The van der Waals surface area contributed by atoms with E-state index in [1.165, 1.54) is 11.0 Å². The average molecular weight is 225 g/mol. The molecule has 2 rings (SSSR count). The van der Waals surface area contributed by atoms with Gasteiger partial charge in [0.05, 0.1) is 18.7 Å². The van der Waals surface area contributed by atoms with Crippen molar-refractivity contribution in [3.05, 3.63) is 6.33 Å². The Hall–Kier alpha value is -1.50. The van der Waals surface area contributed by atoms with Gasteiger partial charge < -0.3 is 10.0 Å². The van der Waals surface area contributed by atoms with Crippen molar-refractivity contribution in [3.63, 3.8) is 0 Å². The molecule has 1 aromatic heterocycles. The van der Waals surface area contributed by atoms with E-state index in [0.29, 0.717) is 13.1 Å². The lowest BCUT2D eigenvalue weighted by atomic mass is 9.89. The van der Waals surface area contributed by atoms with Gasteiger partial charge in [-0.25, -0.2) is 4.68 Å². The summed E-state index contributed by atoms with van der Waals surface area (Å²) in [5.74, 6) is -0.0620. The van der Waals surface area contributed by atoms with E-state index in [2.05, 4.69) is 15.5 Å². The van der Waals surface area contributed by atoms with Crippen molar-refractivity contribution in [1.29, 1.82) is 0 Å². The molecule has 1 N–H and O–H groups in total. The third-order valence-corrected chi connectivity index (χ3v) is 2.73. The minimum absolute atomic E-state index is 0.0620. The number of aromatic nitrogens is 4. The van der Waals surface area contributed by atoms with Gasteiger partial charge in [-0.1, -0.05) is 13.3 Å². The van der Waals surface area contributed by atoms with Crippen molar-refractivity contribution >= 4 is 5.91 Å². The van der Waals surface area contributed by atoms with Crippen LogP contribution in [0.5, 0.6) is 0 Å². The van der Waals surface area contributed by atoms with Crippen molar-refractivity contribution in [1.82, 2.24) is 25.1 Å². The van der Waals surface area contributed by atoms with Gasteiger partial charge in [0.2, 0.25) is 5.91 Å². The summed E-state index contributed by atoms with van der Waals surface area (Å²) < 4.78 is 1.37. The number of aliphatic hydroxyl groups is 1. The summed E-state index contributed by atoms with van der Waals surface area (Å²) in [4.78, 5) is 13.3. The second-order valence-electron chi connectivity index (χ2n) is 4.23. The normalized spacial score (nSPS) is 18.2. The molecule has 1 saturated heterocycles. The molecule has 1 fully saturated rings. The number of hydrogen-bond donors (Lipinski definition) is 1. The fourth-order valence-corrected chi connectivity index (χ4v) is 1.96. The first-order valence-corrected chi connectivity index (χ1v) is 5.34. The number of nitrogens with zero attached hydrogens (tertiary/aromatic N) is 5. The number of β-amino-alcohol motifs (C(OH)–C–C–N with tert-alkyl or cyclic N) is 1. The lowest BCUT2D eigenvalue weighted by Crippen LogP contribution is -2.63. The monoisotopic (exact) mass is 225 g/mol. The summed E-state index contributed by atoms with van der Waals surface area (Å²) in [6.07, 6.45) is 3.06. The predicted molar refractivity (Wildman–Crippen MR) is 54.3 cm³/mol. The standard InChI is InChI=1S/C9H15N5O2/c1-2-3-9(16)5-13(6-9)8(15)4-14-7-10-11-12-14/h7,16H,2-6H2,1H3. The number of hydrogen-bond acceptors (Lipinski definition) is 5. The third kappa shape index (κ3) is 2.19. The highest BCUT2D eigenvalue weighted by molar-refractivity contribution is 5.77. The molecule has 7 heteroatoms. The van der Waals surface area contributed by atoms with Crippen LogP contribution >= 0.6 is 0 Å². The molecule has 0 aromatic carbocycles. The van der Waals surface area contributed by atoms with E-state index >= 15 is 0 Å². The lowest BCUT2D eigenvalue weighted by molar-refractivity contribution is -0.157. The first-order chi connectivity index (χ1) is 7.63. The second kappa shape index (κ2) is 4.17. The Labute approximate surface area is 93.0 Å². The first-order valence-electron chi connectivity index (χ1n) is 5.34. The Morgan fingerprint density at radius 1 is 1.56 bits per heavy atom. The van der Waals surface area contributed by atoms with Gasteiger partial charge in [0, 0.05) is 0 Å². The Bertz CT molecular complexity index is 358. The topological polar surface area (TPSA) is 84.1 Å². The Kier molecular flexibility index (Phi) is 2.86. The van der Waals surface area contributed by atoms with E-state index in [1.54, 1.807) is 4.90 Å². The van der Waals surface area contributed by atoms with Crippen molar-refractivity contribution < 1.29 is 9.90 Å². The highest BCUT2D eigenvalue weighted by Gasteiger charge is 2.42. The predicted octanol–water partition coefficient (Wildman–Crippen LogP) is -0.954. The van der Waals surface area contributed by atoms with Crippen LogP contribution in [-0.4, -0.2) is 54.8 Å². The van der Waals surface area contributed by atoms with Crippen LogP contribution in [0.3, 0.4) is 0 Å². The molecule has 1 aliphatic rings. The maximum Gasteiger partial charge on any atom is 0.244 e. The van der Waals surface area contributed by atoms with Gasteiger partial charge in [0.1, 0.15) is 12.9 Å². The number of rotatable bonds is 4. The lowest BCUT2D eigenvalue weighted by Gasteiger charge is -2.46. The summed E-state index contributed by atoms with van der Waals surface area (Å²) in [5, 5.41) is 20.4. The van der Waals surface area contributed by atoms with Crippen LogP contribution in [-0.2, 0) is 11.3 Å². The molecule has 7 nitrogen and oxygen atoms in total. The molecule has 1 aromatic rings. The summed E-state index contributed by atoms with van der Waals surface area (Å²) in [7, 11) is 0. The van der Waals surface area contributed by atoms with Crippen LogP contribution in [0.4, 0.5) is 0 Å². The van der Waals surface area contributed by atoms with Gasteiger partial charge in [-0.05, 0) is 16.8 Å². The Balaban J connectivity index is 1.81. The highest BCUT2D eigenvalue weighted by atomic mass is 16.3. The smallest absolute Gasteiger partial charge is 0.244 e. The molecule has 88 valence electrons. The van der Waals surface area contributed by atoms with Gasteiger partial charge in [0.25, 0.3) is 0 Å². The molecule has 0 atom stereocenters. The van der Waals surface area contributed by atoms with E-state index in [9.17, 15) is 9.90 Å². The summed E-state index contributed by atoms with van der Waals surface area (Å²) >= 11 is 0. The van der Waals surface area contributed by atoms with Gasteiger partial charge >= 0.3 is 0 Å². The van der Waals surface area contributed by atoms with Crippen molar-refractivity contribution in [2.45, 2.75) is 31.9 Å². The molecule has 2 heterocycles. The van der Waals surface area contributed by atoms with Crippen molar-refractivity contribution in [3.8, 4) is 0 Å². The average Bonchev–Trinajstić information content (AvgIpc) is 2.66. The zero-order chi connectivity index (χ0) is 11.6. The number of likely N-dealkylation sites (tertiary alicyclic amines) is 1. The van der Waals surface area contributed by atoms with Gasteiger partial charge in [-0.2, -0.15) is 0 Å². The number of carbonyl (C=O) groups excluding carboxylic acids is 1. The maximum absolute atomic E-state index is 11.7. The highest BCUT2D eigenvalue weighted by Crippen LogP contribution is 2.25. The SMILES string of the molecule is CCCC1(O)CN(C(=O)Cn2cnnn2)C1. The van der Waals surface area contributed by atoms with Crippen LogP contribution in [0.2, 0.25) is 0 Å². The molecule has 0 saturated carbocycles. The van der Waals surface area contributed by atoms with Crippen molar-refractivity contribution in [2.75, 3.05) is 13.1 Å². The summed E-state index contributed by atoms with van der Waals surface area (Å²) in [6, 6.07) is 0. The van der Waals surface area contributed by atoms with Gasteiger partial charge in [-0.15, -0.1) is 5.10 Å². The molecule has 1 aliphatic heterocycles. The molecule has 0 unspecified atom stereocenters. The molecule has 16 heavy (non-hydrogen) atoms. The first kappa shape index (κ1) is 11.0. The van der Waals surface area contributed by atoms with E-state index in [1.807, 2.05) is 6.92 Å². The van der Waals surface area contributed by atoms with E-state index < -0.39 is 5.60 Å². The van der Waals surface area contributed by atoms with Crippen LogP contribution in [0.1, 0.15) is 19.8 Å². The van der Waals surface area contributed by atoms with Crippen LogP contribution in [0, 0.1) is 0 Å².